The first-order chi connectivity index (χ1) is 13.2. The van der Waals surface area contributed by atoms with Gasteiger partial charge in [0.2, 0.25) is 17.7 Å². The van der Waals surface area contributed by atoms with Gasteiger partial charge in [0.15, 0.2) is 5.96 Å². The summed E-state index contributed by atoms with van der Waals surface area (Å²) in [6.45, 7) is 4.38. The van der Waals surface area contributed by atoms with Gasteiger partial charge in [-0.2, -0.15) is 0 Å². The highest BCUT2D eigenvalue weighted by atomic mass is 16.2. The summed E-state index contributed by atoms with van der Waals surface area (Å²) in [6, 6.07) is -2.30. The molecule has 0 aromatic rings. The largest absolute Gasteiger partial charge is 0.370 e. The molecule has 0 saturated heterocycles. The minimum Gasteiger partial charge on any atom is -0.370 e. The first-order valence-corrected chi connectivity index (χ1v) is 9.96. The predicted octanol–water partition coefficient (Wildman–Crippen LogP) is -0.588. The van der Waals surface area contributed by atoms with E-state index in [1.165, 1.54) is 0 Å². The summed E-state index contributed by atoms with van der Waals surface area (Å²) in [4.78, 5) is 36.6. The van der Waals surface area contributed by atoms with Crippen molar-refractivity contribution in [3.63, 3.8) is 0 Å². The van der Waals surface area contributed by atoms with Gasteiger partial charge in [-0.15, -0.1) is 0 Å². The Hall–Kier alpha value is -2.36. The Morgan fingerprint density at radius 2 is 1.39 bits per heavy atom. The quantitative estimate of drug-likeness (QED) is 0.109. The van der Waals surface area contributed by atoms with E-state index in [-0.39, 0.29) is 11.9 Å². The Labute approximate surface area is 167 Å². The Kier molecular flexibility index (Phi) is 13.4. The molecule has 0 aliphatic rings. The fourth-order valence-corrected chi connectivity index (χ4v) is 2.60. The van der Waals surface area contributed by atoms with Crippen LogP contribution in [0, 0.1) is 5.41 Å². The lowest BCUT2D eigenvalue weighted by Gasteiger charge is -2.23. The zero-order valence-electron chi connectivity index (χ0n) is 17.1. The zero-order valence-corrected chi connectivity index (χ0v) is 17.1. The van der Waals surface area contributed by atoms with E-state index in [9.17, 15) is 14.4 Å². The van der Waals surface area contributed by atoms with Crippen molar-refractivity contribution in [2.45, 2.75) is 83.3 Å². The van der Waals surface area contributed by atoms with Gasteiger partial charge in [-0.1, -0.05) is 39.5 Å². The summed E-state index contributed by atoms with van der Waals surface area (Å²) in [5.74, 6) is -1.64. The van der Waals surface area contributed by atoms with Crippen LogP contribution in [-0.2, 0) is 14.4 Å². The van der Waals surface area contributed by atoms with Crippen LogP contribution in [0.4, 0.5) is 0 Å². The van der Waals surface area contributed by atoms with E-state index in [0.717, 1.165) is 25.7 Å². The SMILES string of the molecule is CCCC[C@H](NC(=O)[C@@H](N)CCCC)C(=O)N[C@@H](CCCNC(=N)N)C(N)=O. The van der Waals surface area contributed by atoms with E-state index in [0.29, 0.717) is 32.2 Å². The van der Waals surface area contributed by atoms with Crippen molar-refractivity contribution in [3.05, 3.63) is 0 Å². The monoisotopic (exact) mass is 399 g/mol. The van der Waals surface area contributed by atoms with Gasteiger partial charge >= 0.3 is 0 Å². The summed E-state index contributed by atoms with van der Waals surface area (Å²) in [5.41, 5.74) is 16.5. The zero-order chi connectivity index (χ0) is 21.5. The van der Waals surface area contributed by atoms with Crippen LogP contribution in [0.3, 0.4) is 0 Å². The third-order valence-corrected chi connectivity index (χ3v) is 4.33. The van der Waals surface area contributed by atoms with Crippen LogP contribution in [0.15, 0.2) is 0 Å². The van der Waals surface area contributed by atoms with Crippen LogP contribution in [0.2, 0.25) is 0 Å². The highest BCUT2D eigenvalue weighted by molar-refractivity contribution is 5.92. The van der Waals surface area contributed by atoms with Crippen LogP contribution in [0.1, 0.15) is 65.2 Å². The second-order valence-electron chi connectivity index (χ2n) is 6.90. The standard InChI is InChI=1S/C18H37N7O3/c1-3-5-8-12(19)16(27)25-14(9-6-4-2)17(28)24-13(15(20)26)10-7-11-23-18(21)22/h12-14H,3-11,19H2,1-2H3,(H2,20,26)(H,24,28)(H,25,27)(H4,21,22,23)/t12-,13-,14-/m0/s1. The highest BCUT2D eigenvalue weighted by Gasteiger charge is 2.26. The Balaban J connectivity index is 4.83. The number of guanidine groups is 1. The van der Waals surface area contributed by atoms with E-state index in [1.54, 1.807) is 0 Å². The van der Waals surface area contributed by atoms with Gasteiger partial charge in [-0.3, -0.25) is 19.8 Å². The fourth-order valence-electron chi connectivity index (χ4n) is 2.60. The normalized spacial score (nSPS) is 13.8. The summed E-state index contributed by atoms with van der Waals surface area (Å²) in [6.07, 6.45) is 5.15. The number of hydrogen-bond donors (Lipinski definition) is 7. The summed E-state index contributed by atoms with van der Waals surface area (Å²) >= 11 is 0. The van der Waals surface area contributed by atoms with Crippen LogP contribution < -0.4 is 33.2 Å². The van der Waals surface area contributed by atoms with E-state index < -0.39 is 29.9 Å². The number of rotatable bonds is 15. The maximum Gasteiger partial charge on any atom is 0.243 e. The molecule has 0 rings (SSSR count). The van der Waals surface area contributed by atoms with E-state index >= 15 is 0 Å². The number of nitrogens with two attached hydrogens (primary N) is 3. The summed E-state index contributed by atoms with van der Waals surface area (Å²) in [5, 5.41) is 15.0. The molecule has 162 valence electrons. The number of primary amides is 1. The number of nitrogens with one attached hydrogen (secondary N) is 4. The maximum atomic E-state index is 12.6. The lowest BCUT2D eigenvalue weighted by molar-refractivity contribution is -0.132. The number of unbranched alkanes of at least 4 members (excludes halogenated alkanes) is 2. The van der Waals surface area contributed by atoms with Crippen LogP contribution in [0.5, 0.6) is 0 Å². The number of hydrogen-bond acceptors (Lipinski definition) is 5. The topological polar surface area (TPSA) is 189 Å². The molecule has 0 fully saturated rings. The van der Waals surface area contributed by atoms with Crippen molar-refractivity contribution in [3.8, 4) is 0 Å². The lowest BCUT2D eigenvalue weighted by Crippen LogP contribution is -2.55. The van der Waals surface area contributed by atoms with E-state index in [1.807, 2.05) is 13.8 Å². The predicted molar refractivity (Wildman–Crippen MR) is 109 cm³/mol. The van der Waals surface area contributed by atoms with Gasteiger partial charge in [0.1, 0.15) is 12.1 Å². The molecular formula is C18H37N7O3. The second-order valence-corrected chi connectivity index (χ2v) is 6.90. The molecule has 0 saturated carbocycles. The highest BCUT2D eigenvalue weighted by Crippen LogP contribution is 2.05. The maximum absolute atomic E-state index is 12.6. The molecule has 0 aromatic heterocycles. The fraction of sp³-hybridized carbons (Fsp3) is 0.778. The average molecular weight is 400 g/mol. The molecule has 0 aromatic carbocycles. The van der Waals surface area contributed by atoms with E-state index in [4.69, 9.17) is 22.6 Å². The molecule has 0 radical (unpaired) electrons. The third kappa shape index (κ3) is 11.4. The minimum absolute atomic E-state index is 0.165. The molecule has 28 heavy (non-hydrogen) atoms. The van der Waals surface area contributed by atoms with Crippen molar-refractivity contribution in [2.24, 2.45) is 17.2 Å². The molecule has 0 bridgehead atoms. The molecule has 3 amide bonds. The molecule has 10 N–H and O–H groups in total. The molecule has 0 heterocycles. The molecule has 0 unspecified atom stereocenters. The Morgan fingerprint density at radius 1 is 0.857 bits per heavy atom. The van der Waals surface area contributed by atoms with Crippen molar-refractivity contribution in [1.29, 1.82) is 5.41 Å². The van der Waals surface area contributed by atoms with Gasteiger partial charge in [-0.05, 0) is 25.7 Å². The van der Waals surface area contributed by atoms with Crippen molar-refractivity contribution in [2.75, 3.05) is 6.54 Å². The van der Waals surface area contributed by atoms with Gasteiger partial charge in [0.25, 0.3) is 0 Å². The number of amides is 3. The smallest absolute Gasteiger partial charge is 0.243 e. The Bertz CT molecular complexity index is 513. The molecule has 0 aliphatic carbocycles. The second kappa shape index (κ2) is 14.7. The average Bonchev–Trinajstić information content (AvgIpc) is 2.64. The van der Waals surface area contributed by atoms with Gasteiger partial charge < -0.3 is 33.2 Å². The molecule has 10 heteroatoms. The number of carbonyl (C=O) groups excluding carboxylic acids is 3. The van der Waals surface area contributed by atoms with Crippen LogP contribution in [-0.4, -0.2) is 48.4 Å². The van der Waals surface area contributed by atoms with Gasteiger partial charge in [0, 0.05) is 6.54 Å². The van der Waals surface area contributed by atoms with Gasteiger partial charge in [0.05, 0.1) is 6.04 Å². The summed E-state index contributed by atoms with van der Waals surface area (Å²) in [7, 11) is 0. The van der Waals surface area contributed by atoms with Crippen molar-refractivity contribution < 1.29 is 14.4 Å². The van der Waals surface area contributed by atoms with E-state index in [2.05, 4.69) is 16.0 Å². The molecule has 3 atom stereocenters. The molecular weight excluding hydrogens is 362 g/mol. The molecule has 0 spiro atoms. The third-order valence-electron chi connectivity index (χ3n) is 4.33. The first-order valence-electron chi connectivity index (χ1n) is 9.96. The van der Waals surface area contributed by atoms with Crippen molar-refractivity contribution >= 4 is 23.7 Å². The Morgan fingerprint density at radius 3 is 1.93 bits per heavy atom. The number of carbonyl (C=O) groups is 3. The minimum atomic E-state index is -0.865. The molecule has 10 nitrogen and oxygen atoms in total. The van der Waals surface area contributed by atoms with Crippen LogP contribution in [0.25, 0.3) is 0 Å². The lowest BCUT2D eigenvalue weighted by atomic mass is 10.1. The first kappa shape index (κ1) is 25.6. The van der Waals surface area contributed by atoms with Gasteiger partial charge in [-0.25, -0.2) is 0 Å². The molecule has 0 aliphatic heterocycles. The van der Waals surface area contributed by atoms with Crippen molar-refractivity contribution in [1.82, 2.24) is 16.0 Å². The summed E-state index contributed by atoms with van der Waals surface area (Å²) < 4.78 is 0. The van der Waals surface area contributed by atoms with Crippen LogP contribution >= 0.6 is 0 Å².